The summed E-state index contributed by atoms with van der Waals surface area (Å²) >= 11 is 0. The molecule has 5 heteroatoms. The lowest BCUT2D eigenvalue weighted by Gasteiger charge is -2.26. The van der Waals surface area contributed by atoms with Crippen molar-refractivity contribution in [2.75, 3.05) is 20.3 Å². The van der Waals surface area contributed by atoms with Gasteiger partial charge in [0.25, 0.3) is 0 Å². The van der Waals surface area contributed by atoms with E-state index in [9.17, 15) is 4.79 Å². The van der Waals surface area contributed by atoms with Crippen LogP contribution >= 0.6 is 0 Å². The normalized spacial score (nSPS) is 24.7. The van der Waals surface area contributed by atoms with Gasteiger partial charge in [0.2, 0.25) is 5.78 Å². The van der Waals surface area contributed by atoms with Gasteiger partial charge in [-0.25, -0.2) is 4.98 Å². The van der Waals surface area contributed by atoms with Gasteiger partial charge in [0.1, 0.15) is 5.76 Å². The molecule has 2 aromatic rings. The Morgan fingerprint density at radius 1 is 1.26 bits per heavy atom. The van der Waals surface area contributed by atoms with Crippen molar-refractivity contribution in [3.8, 4) is 0 Å². The molecule has 0 saturated heterocycles. The second-order valence-electron chi connectivity index (χ2n) is 7.07. The summed E-state index contributed by atoms with van der Waals surface area (Å²) in [5.41, 5.74) is 2.90. The lowest BCUT2D eigenvalue weighted by Crippen LogP contribution is -2.21. The van der Waals surface area contributed by atoms with E-state index in [4.69, 9.17) is 9.47 Å². The Labute approximate surface area is 159 Å². The zero-order chi connectivity index (χ0) is 18.8. The Kier molecular flexibility index (Phi) is 4.94. The van der Waals surface area contributed by atoms with Crippen LogP contribution < -0.4 is 0 Å². The first-order valence-corrected chi connectivity index (χ1v) is 9.40. The molecule has 0 spiro atoms. The molecule has 0 amide bonds. The highest BCUT2D eigenvalue weighted by molar-refractivity contribution is 6.04. The quantitative estimate of drug-likeness (QED) is 0.770. The topological polar surface area (TPSA) is 53.4 Å². The van der Waals surface area contributed by atoms with Gasteiger partial charge in [-0.3, -0.25) is 4.79 Å². The van der Waals surface area contributed by atoms with Gasteiger partial charge in [0, 0.05) is 19.1 Å². The van der Waals surface area contributed by atoms with Crippen LogP contribution in [0.1, 0.15) is 24.0 Å². The molecule has 0 fully saturated rings. The molecule has 4 rings (SSSR count). The van der Waals surface area contributed by atoms with E-state index in [1.54, 1.807) is 13.2 Å². The number of imidazole rings is 1. The first-order chi connectivity index (χ1) is 13.2. The van der Waals surface area contributed by atoms with Crippen molar-refractivity contribution in [1.29, 1.82) is 0 Å². The predicted octanol–water partition coefficient (Wildman–Crippen LogP) is 3.92. The number of carbonyl (C=O) groups is 1. The van der Waals surface area contributed by atoms with Gasteiger partial charge < -0.3 is 14.0 Å². The number of ether oxygens (including phenoxy) is 2. The van der Waals surface area contributed by atoms with Crippen LogP contribution in [-0.2, 0) is 16.0 Å². The molecule has 1 aliphatic heterocycles. The number of nitrogens with zero attached hydrogens (tertiary/aromatic N) is 2. The molecule has 2 aliphatic rings. The van der Waals surface area contributed by atoms with Gasteiger partial charge in [-0.05, 0) is 48.3 Å². The van der Waals surface area contributed by atoms with E-state index >= 15 is 0 Å². The third-order valence-electron chi connectivity index (χ3n) is 5.37. The maximum atomic E-state index is 12.9. The maximum Gasteiger partial charge on any atom is 0.221 e. The molecule has 0 radical (unpaired) electrons. The van der Waals surface area contributed by atoms with Crippen molar-refractivity contribution >= 4 is 16.8 Å². The fourth-order valence-electron chi connectivity index (χ4n) is 3.75. The lowest BCUT2D eigenvalue weighted by molar-refractivity contribution is 0.0947. The van der Waals surface area contributed by atoms with Gasteiger partial charge in [0.15, 0.2) is 5.82 Å². The van der Waals surface area contributed by atoms with E-state index in [-0.39, 0.29) is 17.6 Å². The number of rotatable bonds is 1. The monoisotopic (exact) mass is 364 g/mol. The number of aromatic nitrogens is 2. The zero-order valence-electron chi connectivity index (χ0n) is 15.7. The fraction of sp³-hybridized carbons (Fsp3) is 0.364. The van der Waals surface area contributed by atoms with Crippen LogP contribution in [0, 0.1) is 11.8 Å². The van der Waals surface area contributed by atoms with Crippen molar-refractivity contribution in [3.63, 3.8) is 0 Å². The van der Waals surface area contributed by atoms with Crippen molar-refractivity contribution in [2.45, 2.75) is 19.9 Å². The summed E-state index contributed by atoms with van der Waals surface area (Å²) < 4.78 is 13.4. The number of benzene rings is 1. The largest absolute Gasteiger partial charge is 0.497 e. The molecule has 140 valence electrons. The Morgan fingerprint density at radius 3 is 2.96 bits per heavy atom. The average Bonchev–Trinajstić information content (AvgIpc) is 3.06. The second-order valence-corrected chi connectivity index (χ2v) is 7.07. The van der Waals surface area contributed by atoms with E-state index < -0.39 is 0 Å². The molecule has 0 saturated carbocycles. The molecule has 5 nitrogen and oxygen atoms in total. The summed E-state index contributed by atoms with van der Waals surface area (Å²) in [6.45, 7) is 4.15. The van der Waals surface area contributed by atoms with Crippen molar-refractivity contribution in [1.82, 2.24) is 9.55 Å². The van der Waals surface area contributed by atoms with Crippen molar-refractivity contribution in [3.05, 3.63) is 65.7 Å². The van der Waals surface area contributed by atoms with E-state index in [1.807, 2.05) is 41.0 Å². The maximum absolute atomic E-state index is 12.9. The summed E-state index contributed by atoms with van der Waals surface area (Å²) in [6, 6.07) is 7.87. The number of methoxy groups -OCH3 is 1. The van der Waals surface area contributed by atoms with Crippen LogP contribution in [0.4, 0.5) is 0 Å². The summed E-state index contributed by atoms with van der Waals surface area (Å²) in [4.78, 5) is 17.5. The van der Waals surface area contributed by atoms with Crippen LogP contribution in [0.25, 0.3) is 11.0 Å². The molecule has 2 heterocycles. The SMILES string of the molecule is COC1=CC2COCCCn3c(nc4ccccc43)C(=O)/C=C/C(=C1)C2C. The molecule has 27 heavy (non-hydrogen) atoms. The summed E-state index contributed by atoms with van der Waals surface area (Å²) in [5, 5.41) is 0. The number of hydrogen-bond donors (Lipinski definition) is 0. The molecule has 2 unspecified atom stereocenters. The molecule has 1 aromatic heterocycles. The number of para-hydroxylation sites is 2. The minimum Gasteiger partial charge on any atom is -0.497 e. The molecular weight excluding hydrogens is 340 g/mol. The molecule has 0 N–H and O–H groups in total. The zero-order valence-corrected chi connectivity index (χ0v) is 15.7. The van der Waals surface area contributed by atoms with Crippen LogP contribution in [0.5, 0.6) is 0 Å². The number of aryl methyl sites for hydroxylation is 1. The molecule has 1 aromatic carbocycles. The molecular formula is C22H24N2O3. The lowest BCUT2D eigenvalue weighted by atomic mass is 9.83. The Morgan fingerprint density at radius 2 is 2.11 bits per heavy atom. The Balaban J connectivity index is 1.75. The number of ketones is 1. The van der Waals surface area contributed by atoms with Gasteiger partial charge in [-0.1, -0.05) is 25.1 Å². The summed E-state index contributed by atoms with van der Waals surface area (Å²) in [6.07, 6.45) is 8.46. The second kappa shape index (κ2) is 7.53. The third kappa shape index (κ3) is 3.47. The number of carbonyl (C=O) groups excluding carboxylic acids is 1. The Bertz CT molecular complexity index is 952. The smallest absolute Gasteiger partial charge is 0.221 e. The van der Waals surface area contributed by atoms with E-state index in [0.717, 1.165) is 28.8 Å². The molecule has 2 bridgehead atoms. The highest BCUT2D eigenvalue weighted by Crippen LogP contribution is 2.31. The van der Waals surface area contributed by atoms with Gasteiger partial charge in [-0.2, -0.15) is 0 Å². The third-order valence-corrected chi connectivity index (χ3v) is 5.37. The Hall–Kier alpha value is -2.66. The highest BCUT2D eigenvalue weighted by atomic mass is 16.5. The first kappa shape index (κ1) is 17.7. The predicted molar refractivity (Wildman–Crippen MR) is 104 cm³/mol. The molecule has 1 aliphatic carbocycles. The summed E-state index contributed by atoms with van der Waals surface area (Å²) in [5.74, 6) is 1.71. The van der Waals surface area contributed by atoms with Crippen molar-refractivity contribution < 1.29 is 14.3 Å². The van der Waals surface area contributed by atoms with E-state index in [2.05, 4.69) is 18.0 Å². The standard InChI is InChI=1S/C22H24N2O3/c1-15-16-8-9-21(25)22-23-19-6-3-4-7-20(19)24(22)10-5-11-27-14-17(15)13-18(12-16)26-2/h3-4,6-9,12-13,15,17H,5,10-11,14H2,1-2H3/b9-8+. The van der Waals surface area contributed by atoms with Crippen LogP contribution in [0.15, 0.2) is 59.9 Å². The van der Waals surface area contributed by atoms with Crippen molar-refractivity contribution in [2.24, 2.45) is 11.8 Å². The van der Waals surface area contributed by atoms with E-state index in [0.29, 0.717) is 25.6 Å². The van der Waals surface area contributed by atoms with Crippen LogP contribution in [-0.4, -0.2) is 35.7 Å². The fourth-order valence-corrected chi connectivity index (χ4v) is 3.75. The minimum atomic E-state index is -0.0791. The van der Waals surface area contributed by atoms with Gasteiger partial charge >= 0.3 is 0 Å². The van der Waals surface area contributed by atoms with Gasteiger partial charge in [-0.15, -0.1) is 0 Å². The number of fused-ring (bicyclic) bond motifs is 5. The van der Waals surface area contributed by atoms with Gasteiger partial charge in [0.05, 0.1) is 24.8 Å². The molecule has 2 atom stereocenters. The van der Waals surface area contributed by atoms with Crippen LogP contribution in [0.3, 0.4) is 0 Å². The first-order valence-electron chi connectivity index (χ1n) is 9.40. The number of allylic oxidation sites excluding steroid dienone is 4. The minimum absolute atomic E-state index is 0.0791. The summed E-state index contributed by atoms with van der Waals surface area (Å²) in [7, 11) is 1.67. The van der Waals surface area contributed by atoms with E-state index in [1.165, 1.54) is 0 Å². The average molecular weight is 364 g/mol. The highest BCUT2D eigenvalue weighted by Gasteiger charge is 2.24. The number of hydrogen-bond acceptors (Lipinski definition) is 4. The van der Waals surface area contributed by atoms with Crippen LogP contribution in [0.2, 0.25) is 0 Å².